The predicted octanol–water partition coefficient (Wildman–Crippen LogP) is 29.3. The number of allylic oxidation sites excluding steroid dienone is 1. The Bertz CT molecular complexity index is 4380. The Morgan fingerprint density at radius 3 is 1.00 bits per heavy atom. The Morgan fingerprint density at radius 1 is 0.347 bits per heavy atom. The van der Waals surface area contributed by atoms with E-state index >= 15 is 0 Å². The molecule has 1 N–H and O–H groups in total. The van der Waals surface area contributed by atoms with Gasteiger partial charge in [-0.05, 0) is 294 Å². The monoisotopic (exact) mass is 2160 g/mol. The zero-order valence-corrected chi connectivity index (χ0v) is 105. The summed E-state index contributed by atoms with van der Waals surface area (Å²) in [6.45, 7) is 105. The summed E-state index contributed by atoms with van der Waals surface area (Å²) in [7, 11) is -15.0. The second-order valence-electron chi connectivity index (χ2n) is 57.5. The molecule has 26 heteroatoms. The molecule has 16 aliphatic heterocycles. The number of fused-ring (bicyclic) bond motifs is 4. The van der Waals surface area contributed by atoms with Crippen molar-refractivity contribution in [1.29, 1.82) is 0 Å². The lowest BCUT2D eigenvalue weighted by Crippen LogP contribution is -2.69. The molecule has 10 fully saturated rings. The summed E-state index contributed by atoms with van der Waals surface area (Å²) >= 11 is 0. The van der Waals surface area contributed by atoms with Crippen LogP contribution in [0.5, 0.6) is 0 Å². The molecule has 0 spiro atoms. The van der Waals surface area contributed by atoms with Gasteiger partial charge in [-0.25, -0.2) is 0 Å². The fourth-order valence-electron chi connectivity index (χ4n) is 23.1. The van der Waals surface area contributed by atoms with Crippen LogP contribution in [-0.4, -0.2) is 237 Å². The number of aliphatic hydroxyl groups is 1. The number of Topliss-reactive ketones (excluding diaryl/α,β-unsaturated/α-hetero) is 2. The second kappa shape index (κ2) is 50.3. The topological polar surface area (TPSA) is 219 Å². The van der Waals surface area contributed by atoms with Gasteiger partial charge in [0.15, 0.2) is 55.7 Å². The van der Waals surface area contributed by atoms with E-state index in [0.29, 0.717) is 101 Å². The first-order chi connectivity index (χ1) is 67.2. The lowest BCUT2D eigenvalue weighted by atomic mass is 9.78. The van der Waals surface area contributed by atoms with Crippen LogP contribution < -0.4 is 0 Å². The van der Waals surface area contributed by atoms with Crippen molar-refractivity contribution in [3.63, 3.8) is 0 Å². The minimum absolute atomic E-state index is 0. The zero-order chi connectivity index (χ0) is 109. The van der Waals surface area contributed by atoms with Crippen LogP contribution in [-0.2, 0) is 88.3 Å². The minimum atomic E-state index is -2.54. The Morgan fingerprint density at radius 2 is 0.653 bits per heavy atom. The fraction of sp³-hybridized carbons (Fsp3) is 0.876. The van der Waals surface area contributed by atoms with Crippen LogP contribution in [0.15, 0.2) is 72.9 Å². The Kier molecular flexibility index (Phi) is 43.4. The van der Waals surface area contributed by atoms with Crippen molar-refractivity contribution in [3.05, 3.63) is 72.9 Å². The third kappa shape index (κ3) is 31.9. The predicted molar refractivity (Wildman–Crippen MR) is 615 cm³/mol. The van der Waals surface area contributed by atoms with Gasteiger partial charge in [-0.3, -0.25) is 14.4 Å². The second-order valence-corrected chi connectivity index (χ2v) is 86.0. The third-order valence-corrected chi connectivity index (χ3v) is 66.7. The number of carbonyl (C=O) groups is 3. The number of ether oxygens (including phenoxy) is 10. The van der Waals surface area contributed by atoms with Crippen molar-refractivity contribution < 1.29 is 93.4 Å². The molecule has 0 saturated carbocycles. The first-order valence-electron chi connectivity index (χ1n) is 58.2. The summed E-state index contributed by atoms with van der Waals surface area (Å²) in [5.41, 5.74) is 4.48. The molecule has 16 heterocycles. The number of hydrogen-bond acceptors (Lipinski definition) is 20. The first-order valence-corrected chi connectivity index (χ1v) is 75.6. The van der Waals surface area contributed by atoms with Gasteiger partial charge in [-0.15, -0.1) is 0 Å². The number of hydrogen-bond donors (Lipinski definition) is 1. The molecule has 0 amide bonds. The van der Waals surface area contributed by atoms with E-state index in [0.717, 1.165) is 112 Å². The molecule has 846 valence electrons. The molecule has 147 heavy (non-hydrogen) atoms. The highest BCUT2D eigenvalue weighted by Gasteiger charge is 2.62. The highest BCUT2D eigenvalue weighted by atomic mass is 28.4. The highest BCUT2D eigenvalue weighted by Crippen LogP contribution is 2.55. The number of rotatable bonds is 18. The molecular formula is C121H218O20Si6. The van der Waals surface area contributed by atoms with E-state index in [4.69, 9.17) is 73.9 Å². The lowest BCUT2D eigenvalue weighted by molar-refractivity contribution is -0.266. The van der Waals surface area contributed by atoms with Crippen LogP contribution in [0.25, 0.3) is 0 Å². The molecule has 0 aromatic carbocycles. The maximum Gasteiger partial charge on any atom is 0.193 e. The van der Waals surface area contributed by atoms with Gasteiger partial charge in [0.05, 0.1) is 116 Å². The molecule has 20 nitrogen and oxygen atoms in total. The van der Waals surface area contributed by atoms with E-state index in [2.05, 4.69) is 291 Å². The van der Waals surface area contributed by atoms with E-state index in [1.807, 2.05) is 12.2 Å². The zero-order valence-electron chi connectivity index (χ0n) is 99.4. The standard InChI is InChI=1S/C60H108O10Si3.C60H106O10Si3.CH4/c2*1-22-37(2)31-51-41(6)47-35-43(62)34-46-27-30-49-54(65-46)56(69-72(18,19)59(10,11)12)57(70-73(20,21)60(13,14)15)55(67-49)50(68-71(16,17)58(7,8)9)28-24-42(61)23-25-44-33-39(4)48(63-44)29-26-45-32-38(3)40(5)52(64-45)36-53(47)66-51;/h24,28,37-38,41-42,44-57,61H,4-5,22-23,25-27,29-36H2,1-3,6-21H3;24,28,37-38,41,44-57H,4-5,22-23,25-27,29-36H2,1-3,6-21H3;1H4/b2*28-24+;/t37-,38-,41-,42?,44?,45+,46-,47?,48+,49+,50+,51-,52?,53+,54+,55+,56+,57-;37-,38-,41-,44?,45+,46-,47?,48+,49+,50+,51-,52?,53+,54+,55+,56+,57-;/m11./s1. The van der Waals surface area contributed by atoms with Crippen molar-refractivity contribution in [2.75, 3.05) is 0 Å². The highest BCUT2D eigenvalue weighted by molar-refractivity contribution is 6.76. The van der Waals surface area contributed by atoms with Crippen LogP contribution in [0.4, 0.5) is 0 Å². The lowest BCUT2D eigenvalue weighted by Gasteiger charge is -2.56. The molecule has 35 atom stereocenters. The summed E-state index contributed by atoms with van der Waals surface area (Å²) in [6, 6.07) is 0. The summed E-state index contributed by atoms with van der Waals surface area (Å²) in [5.74, 6) is 2.72. The molecular weight excluding hydrogens is 1940 g/mol. The SMILES string of the molecule is C.C=C1C2C[C@@H]3O[C@H](C[C@H](C)CC)[C@H](C)C3CC(=O)C[C@H]3CC[C@@H]4O[C@H]([C@@H](O[Si](C)(C)C(C)(C)C)[C@@H](O[Si](C)(C)C(C)(C)C)[C@H]4O3)[C@@H](O[Si](C)(C)C(C)(C)C)/C=C/C(=O)CCC3CC(=C)[C@H](CC[C@@H](C[C@H]1C)O2)O3.C=C1C2C[C@@H]3O[C@H](C[C@H](C)CC)[C@H](C)C3CC(=O)C[C@H]3CC[C@@H]4O[C@H]([C@@H](O[Si](C)(C)C(C)(C)C)[C@@H](O[Si](C)(C)C(C)(C)C)[C@H]4O3)[C@@H](O[Si](C)(C)C(C)(C)C)/C=C/C(O)CCC3CC(=C)[C@H](CC[C@@H](C[C@H]1C)O2)O3. The van der Waals surface area contributed by atoms with Crippen LogP contribution >= 0.6 is 0 Å². The average Bonchev–Trinajstić information content (AvgIpc) is 0.928. The maximum atomic E-state index is 14.8. The normalized spacial score (nSPS) is 38.4. The van der Waals surface area contributed by atoms with Crippen LogP contribution in [0, 0.1) is 47.3 Å². The molecule has 16 aliphatic rings. The van der Waals surface area contributed by atoms with Crippen molar-refractivity contribution in [2.24, 2.45) is 47.3 Å². The van der Waals surface area contributed by atoms with Crippen molar-refractivity contribution in [1.82, 2.24) is 0 Å². The molecule has 16 rings (SSSR count). The number of ketones is 3. The van der Waals surface area contributed by atoms with Gasteiger partial charge in [0.1, 0.15) is 60.4 Å². The molecule has 0 aromatic heterocycles. The summed E-state index contributed by atoms with van der Waals surface area (Å²) in [5, 5.41) is 11.2. The minimum Gasteiger partial charge on any atom is -0.408 e. The largest absolute Gasteiger partial charge is 0.408 e. The maximum absolute atomic E-state index is 14.8. The van der Waals surface area contributed by atoms with Crippen molar-refractivity contribution >= 4 is 67.3 Å². The quantitative estimate of drug-likeness (QED) is 0.0996. The van der Waals surface area contributed by atoms with E-state index in [-0.39, 0.29) is 176 Å². The molecule has 10 saturated heterocycles. The summed E-state index contributed by atoms with van der Waals surface area (Å²) in [6.07, 6.45) is 19.0. The molecule has 0 aromatic rings. The Labute approximate surface area is 902 Å². The van der Waals surface area contributed by atoms with Gasteiger partial charge in [0.25, 0.3) is 0 Å². The van der Waals surface area contributed by atoms with Gasteiger partial charge in [-0.1, -0.05) is 245 Å². The van der Waals surface area contributed by atoms with Crippen molar-refractivity contribution in [2.45, 2.75) is 628 Å². The van der Waals surface area contributed by atoms with Crippen LogP contribution in [0.1, 0.15) is 354 Å². The number of aliphatic hydroxyl groups excluding tert-OH is 1. The Hall–Kier alpha value is -1.93. The molecule has 0 aliphatic carbocycles. The van der Waals surface area contributed by atoms with E-state index in [9.17, 15) is 19.5 Å². The van der Waals surface area contributed by atoms with Crippen molar-refractivity contribution in [3.8, 4) is 0 Å². The Balaban J connectivity index is 0.000000299. The third-order valence-electron chi connectivity index (χ3n) is 39.9. The smallest absolute Gasteiger partial charge is 0.193 e. The summed E-state index contributed by atoms with van der Waals surface area (Å²) < 4.78 is 117. The van der Waals surface area contributed by atoms with Gasteiger partial charge in [-0.2, -0.15) is 0 Å². The average molecular weight is 2160 g/mol. The van der Waals surface area contributed by atoms with Gasteiger partial charge < -0.3 is 79.0 Å². The number of carbonyl (C=O) groups excluding carboxylic acids is 3. The first kappa shape index (κ1) is 127. The van der Waals surface area contributed by atoms with Crippen LogP contribution in [0.2, 0.25) is 109 Å². The van der Waals surface area contributed by atoms with Crippen LogP contribution in [0.3, 0.4) is 0 Å². The van der Waals surface area contributed by atoms with E-state index in [1.54, 1.807) is 6.08 Å². The van der Waals surface area contributed by atoms with Gasteiger partial charge >= 0.3 is 0 Å². The van der Waals surface area contributed by atoms with Gasteiger partial charge in [0.2, 0.25) is 0 Å². The molecule has 16 bridgehead atoms. The molecule has 0 radical (unpaired) electrons. The fourth-order valence-corrected chi connectivity index (χ4v) is 30.8. The summed E-state index contributed by atoms with van der Waals surface area (Å²) in [4.78, 5) is 43.7. The molecule has 7 unspecified atom stereocenters. The van der Waals surface area contributed by atoms with E-state index in [1.165, 1.54) is 0 Å². The van der Waals surface area contributed by atoms with E-state index < -0.39 is 117 Å². The van der Waals surface area contributed by atoms with Gasteiger partial charge in [0, 0.05) is 44.9 Å².